The molecule has 2 N–H and O–H groups in total. The predicted molar refractivity (Wildman–Crippen MR) is 118 cm³/mol. The number of nitrogens with one attached hydrogen (secondary N) is 2. The zero-order valence-electron chi connectivity index (χ0n) is 16.6. The first-order valence-corrected chi connectivity index (χ1v) is 11.0. The first-order valence-electron chi connectivity index (χ1n) is 9.74. The minimum atomic E-state index is -0.377. The summed E-state index contributed by atoms with van der Waals surface area (Å²) in [5, 5.41) is 8.07. The molecule has 1 atom stereocenters. The highest BCUT2D eigenvalue weighted by Gasteiger charge is 2.39. The normalized spacial score (nSPS) is 18.5. The van der Waals surface area contributed by atoms with E-state index in [1.165, 1.54) is 11.3 Å². The Kier molecular flexibility index (Phi) is 5.66. The molecule has 1 saturated carbocycles. The van der Waals surface area contributed by atoms with Gasteiger partial charge in [0.25, 0.3) is 5.91 Å². The quantitative estimate of drug-likeness (QED) is 0.674. The first kappa shape index (κ1) is 20.6. The number of ketones is 1. The molecule has 156 valence electrons. The van der Waals surface area contributed by atoms with Gasteiger partial charge in [-0.2, -0.15) is 0 Å². The van der Waals surface area contributed by atoms with Crippen LogP contribution in [0.2, 0.25) is 5.02 Å². The average Bonchev–Trinajstić information content (AvgIpc) is 3.23. The van der Waals surface area contributed by atoms with Crippen LogP contribution >= 0.6 is 22.9 Å². The van der Waals surface area contributed by atoms with Crippen LogP contribution in [-0.2, 0) is 17.9 Å². The summed E-state index contributed by atoms with van der Waals surface area (Å²) < 4.78 is 0. The predicted octanol–water partition coefficient (Wildman–Crippen LogP) is 4.67. The van der Waals surface area contributed by atoms with E-state index in [0.29, 0.717) is 41.5 Å². The zero-order valence-corrected chi connectivity index (χ0v) is 18.2. The monoisotopic (exact) mass is 443 g/mol. The van der Waals surface area contributed by atoms with Crippen LogP contribution in [0.4, 0.5) is 10.5 Å². The molecule has 1 aliphatic heterocycles. The fourth-order valence-electron chi connectivity index (χ4n) is 3.85. The molecule has 6 nitrogen and oxygen atoms in total. The van der Waals surface area contributed by atoms with Crippen molar-refractivity contribution in [2.45, 2.75) is 45.3 Å². The lowest BCUT2D eigenvalue weighted by Crippen LogP contribution is -2.43. The summed E-state index contributed by atoms with van der Waals surface area (Å²) in [4.78, 5) is 39.8. The fraction of sp³-hybridized carbons (Fsp3) is 0.318. The Bertz CT molecular complexity index is 1060. The van der Waals surface area contributed by atoms with Crippen molar-refractivity contribution in [1.82, 2.24) is 10.2 Å². The third-order valence-corrected chi connectivity index (χ3v) is 7.04. The number of amides is 3. The number of carbonyl (C=O) groups is 3. The van der Waals surface area contributed by atoms with Gasteiger partial charge in [-0.3, -0.25) is 9.59 Å². The van der Waals surface area contributed by atoms with Gasteiger partial charge in [0.2, 0.25) is 0 Å². The third-order valence-electron chi connectivity index (χ3n) is 5.58. The Hall–Kier alpha value is -2.64. The second-order valence-corrected chi connectivity index (χ2v) is 9.01. The molecule has 4 rings (SSSR count). The van der Waals surface area contributed by atoms with Gasteiger partial charge in [0.15, 0.2) is 5.78 Å². The highest BCUT2D eigenvalue weighted by atomic mass is 35.5. The Morgan fingerprint density at radius 2 is 2.17 bits per heavy atom. The molecule has 1 unspecified atom stereocenters. The maximum Gasteiger partial charge on any atom is 0.319 e. The number of hydrogen-bond acceptors (Lipinski definition) is 4. The number of aryl methyl sites for hydroxylation is 1. The number of fused-ring (bicyclic) bond motifs is 1. The molecule has 1 fully saturated rings. The van der Waals surface area contributed by atoms with Gasteiger partial charge < -0.3 is 15.5 Å². The standard InChI is InChI=1S/C22H22ClN3O3S/c1-12-3-6-18(19(27)7-12)26-10-16-14(11-30-20(16)21(26)28)9-24-22(29)25-15-5-4-13(2)17(23)8-15/h4-5,8,11,18H,1,3,6-7,9-10H2,2H3,(H2,24,25,29). The molecule has 30 heavy (non-hydrogen) atoms. The van der Waals surface area contributed by atoms with Gasteiger partial charge >= 0.3 is 6.03 Å². The van der Waals surface area contributed by atoms with Crippen molar-refractivity contribution in [3.8, 4) is 0 Å². The molecule has 1 aromatic carbocycles. The van der Waals surface area contributed by atoms with Crippen molar-refractivity contribution in [2.75, 3.05) is 5.32 Å². The van der Waals surface area contributed by atoms with Crippen LogP contribution in [0.15, 0.2) is 35.7 Å². The van der Waals surface area contributed by atoms with Crippen molar-refractivity contribution in [3.05, 3.63) is 62.3 Å². The van der Waals surface area contributed by atoms with Crippen molar-refractivity contribution < 1.29 is 14.4 Å². The molecule has 2 heterocycles. The second-order valence-electron chi connectivity index (χ2n) is 7.72. The highest BCUT2D eigenvalue weighted by molar-refractivity contribution is 7.12. The lowest BCUT2D eigenvalue weighted by atomic mass is 9.90. The minimum absolute atomic E-state index is 0.0607. The maximum atomic E-state index is 12.8. The number of anilines is 1. The average molecular weight is 444 g/mol. The smallest absolute Gasteiger partial charge is 0.319 e. The van der Waals surface area contributed by atoms with Crippen LogP contribution < -0.4 is 10.6 Å². The number of allylic oxidation sites excluding steroid dienone is 1. The van der Waals surface area contributed by atoms with Crippen LogP contribution in [0.25, 0.3) is 0 Å². The van der Waals surface area contributed by atoms with Gasteiger partial charge in [0, 0.05) is 35.8 Å². The number of halogens is 1. The molecular formula is C22H22ClN3O3S. The second kappa shape index (κ2) is 8.24. The van der Waals surface area contributed by atoms with Gasteiger partial charge in [0.05, 0.1) is 10.9 Å². The molecular weight excluding hydrogens is 422 g/mol. The summed E-state index contributed by atoms with van der Waals surface area (Å²) in [5.74, 6) is -0.0311. The van der Waals surface area contributed by atoms with E-state index in [0.717, 1.165) is 28.7 Å². The molecule has 1 aliphatic carbocycles. The molecule has 0 spiro atoms. The number of benzene rings is 1. The van der Waals surface area contributed by atoms with Crippen molar-refractivity contribution in [3.63, 3.8) is 0 Å². The van der Waals surface area contributed by atoms with Gasteiger partial charge in [-0.15, -0.1) is 11.3 Å². The Morgan fingerprint density at radius 3 is 2.90 bits per heavy atom. The van der Waals surface area contributed by atoms with E-state index in [1.807, 2.05) is 18.4 Å². The molecule has 8 heteroatoms. The molecule has 2 aromatic rings. The number of nitrogens with zero attached hydrogens (tertiary/aromatic N) is 1. The van der Waals surface area contributed by atoms with Crippen LogP contribution in [0.5, 0.6) is 0 Å². The maximum absolute atomic E-state index is 12.8. The van der Waals surface area contributed by atoms with Gasteiger partial charge in [-0.05, 0) is 48.4 Å². The van der Waals surface area contributed by atoms with Gasteiger partial charge in [0.1, 0.15) is 0 Å². The van der Waals surface area contributed by atoms with Crippen LogP contribution in [0.1, 0.15) is 45.6 Å². The Balaban J connectivity index is 1.39. The lowest BCUT2D eigenvalue weighted by Gasteiger charge is -2.30. The molecule has 0 saturated heterocycles. The van der Waals surface area contributed by atoms with Crippen LogP contribution in [-0.4, -0.2) is 28.7 Å². The largest absolute Gasteiger partial charge is 0.334 e. The minimum Gasteiger partial charge on any atom is -0.334 e. The number of urea groups is 1. The molecule has 0 bridgehead atoms. The highest BCUT2D eigenvalue weighted by Crippen LogP contribution is 2.35. The summed E-state index contributed by atoms with van der Waals surface area (Å²) in [6, 6.07) is 4.60. The molecule has 2 aliphatic rings. The van der Waals surface area contributed by atoms with Crippen molar-refractivity contribution >= 4 is 46.3 Å². The van der Waals surface area contributed by atoms with Crippen LogP contribution in [0.3, 0.4) is 0 Å². The SMILES string of the molecule is C=C1CCC(N2Cc3c(CNC(=O)Nc4ccc(C)c(Cl)c4)csc3C2=O)C(=O)C1. The van der Waals surface area contributed by atoms with Crippen molar-refractivity contribution in [1.29, 1.82) is 0 Å². The topological polar surface area (TPSA) is 78.5 Å². The van der Waals surface area contributed by atoms with E-state index in [4.69, 9.17) is 11.6 Å². The van der Waals surface area contributed by atoms with E-state index < -0.39 is 0 Å². The number of carbonyl (C=O) groups excluding carboxylic acids is 3. The summed E-state index contributed by atoms with van der Waals surface area (Å²) in [6.45, 7) is 6.50. The van der Waals surface area contributed by atoms with E-state index in [9.17, 15) is 14.4 Å². The number of Topliss-reactive ketones (excluding diaryl/α,β-unsaturated/α-hetero) is 1. The Labute approximate surface area is 183 Å². The van der Waals surface area contributed by atoms with Gasteiger partial charge in [-0.1, -0.05) is 29.8 Å². The summed E-state index contributed by atoms with van der Waals surface area (Å²) >= 11 is 7.46. The zero-order chi connectivity index (χ0) is 21.4. The number of rotatable bonds is 4. The summed E-state index contributed by atoms with van der Waals surface area (Å²) in [6.07, 6.45) is 1.75. The van der Waals surface area contributed by atoms with Crippen molar-refractivity contribution in [2.24, 2.45) is 0 Å². The fourth-order valence-corrected chi connectivity index (χ4v) is 5.07. The first-order chi connectivity index (χ1) is 14.3. The molecule has 0 radical (unpaired) electrons. The van der Waals surface area contributed by atoms with E-state index in [-0.39, 0.29) is 23.8 Å². The Morgan fingerprint density at radius 1 is 1.37 bits per heavy atom. The summed E-state index contributed by atoms with van der Waals surface area (Å²) in [5.41, 5.74) is 4.28. The number of thiophene rings is 1. The van der Waals surface area contributed by atoms with E-state index in [2.05, 4.69) is 17.2 Å². The van der Waals surface area contributed by atoms with Crippen LogP contribution in [0, 0.1) is 6.92 Å². The summed E-state index contributed by atoms with van der Waals surface area (Å²) in [7, 11) is 0. The van der Waals surface area contributed by atoms with Gasteiger partial charge in [-0.25, -0.2) is 4.79 Å². The van der Waals surface area contributed by atoms with E-state index >= 15 is 0 Å². The third kappa shape index (κ3) is 4.00. The lowest BCUT2D eigenvalue weighted by molar-refractivity contribution is -0.124. The molecule has 3 amide bonds. The van der Waals surface area contributed by atoms with E-state index in [1.54, 1.807) is 17.0 Å². The number of hydrogen-bond donors (Lipinski definition) is 2. The molecule has 1 aromatic heterocycles.